The van der Waals surface area contributed by atoms with E-state index in [0.29, 0.717) is 0 Å². The van der Waals surface area contributed by atoms with Crippen LogP contribution in [0.15, 0.2) is 18.2 Å². The number of hydrogen-bond donors (Lipinski definition) is 2. The Morgan fingerprint density at radius 2 is 1.72 bits per heavy atom. The first-order chi connectivity index (χ1) is 8.58. The third kappa shape index (κ3) is 1.30. The SMILES string of the molecule is O=C1NC(=O)c2cc(N3C(=O)CNC3=O)ccc21. The fourth-order valence-electron chi connectivity index (χ4n) is 1.98. The first-order valence-corrected chi connectivity index (χ1v) is 5.18. The molecule has 1 saturated heterocycles. The zero-order chi connectivity index (χ0) is 12.9. The highest BCUT2D eigenvalue weighted by molar-refractivity contribution is 6.24. The molecule has 5 amide bonds. The predicted molar refractivity (Wildman–Crippen MR) is 59.1 cm³/mol. The van der Waals surface area contributed by atoms with Crippen LogP contribution in [0.4, 0.5) is 10.5 Å². The summed E-state index contributed by atoms with van der Waals surface area (Å²) < 4.78 is 0. The highest BCUT2D eigenvalue weighted by Crippen LogP contribution is 2.24. The van der Waals surface area contributed by atoms with E-state index in [9.17, 15) is 19.2 Å². The van der Waals surface area contributed by atoms with Gasteiger partial charge in [0.05, 0.1) is 23.4 Å². The lowest BCUT2D eigenvalue weighted by atomic mass is 10.1. The molecule has 2 N–H and O–H groups in total. The van der Waals surface area contributed by atoms with Crippen LogP contribution in [0.1, 0.15) is 20.7 Å². The Hall–Kier alpha value is -2.70. The number of carbonyl (C=O) groups excluding carboxylic acids is 4. The Morgan fingerprint density at radius 3 is 2.39 bits per heavy atom. The van der Waals surface area contributed by atoms with Crippen molar-refractivity contribution in [2.45, 2.75) is 0 Å². The maximum atomic E-state index is 11.5. The fourth-order valence-corrected chi connectivity index (χ4v) is 1.98. The molecule has 0 bridgehead atoms. The van der Waals surface area contributed by atoms with Gasteiger partial charge in [0.25, 0.3) is 17.7 Å². The molecule has 2 aliphatic rings. The molecule has 7 heteroatoms. The minimum Gasteiger partial charge on any atom is -0.328 e. The van der Waals surface area contributed by atoms with Gasteiger partial charge in [-0.05, 0) is 18.2 Å². The number of benzene rings is 1. The van der Waals surface area contributed by atoms with Crippen LogP contribution in [0.3, 0.4) is 0 Å². The summed E-state index contributed by atoms with van der Waals surface area (Å²) in [5, 5.41) is 4.52. The second-order valence-electron chi connectivity index (χ2n) is 3.90. The van der Waals surface area contributed by atoms with Gasteiger partial charge in [-0.2, -0.15) is 0 Å². The van der Waals surface area contributed by atoms with E-state index < -0.39 is 23.8 Å². The maximum Gasteiger partial charge on any atom is 0.329 e. The smallest absolute Gasteiger partial charge is 0.328 e. The quantitative estimate of drug-likeness (QED) is 0.521. The topological polar surface area (TPSA) is 95.6 Å². The van der Waals surface area contributed by atoms with Crippen molar-refractivity contribution in [3.8, 4) is 0 Å². The Balaban J connectivity index is 2.08. The molecule has 90 valence electrons. The minimum atomic E-state index is -0.537. The standard InChI is InChI=1S/C11H7N3O4/c15-8-4-12-11(18)14(8)5-1-2-6-7(3-5)10(17)13-9(6)16/h1-3H,4H2,(H,12,18)(H,13,16,17). The molecule has 0 aliphatic carbocycles. The summed E-state index contributed by atoms with van der Waals surface area (Å²) in [5.41, 5.74) is 0.694. The van der Waals surface area contributed by atoms with Crippen molar-refractivity contribution >= 4 is 29.4 Å². The Labute approximate surface area is 101 Å². The molecule has 3 rings (SSSR count). The Kier molecular flexibility index (Phi) is 1.97. The molecule has 0 spiro atoms. The molecule has 2 heterocycles. The number of hydrogen-bond acceptors (Lipinski definition) is 4. The number of carbonyl (C=O) groups is 4. The zero-order valence-corrected chi connectivity index (χ0v) is 9.02. The van der Waals surface area contributed by atoms with Gasteiger partial charge in [-0.25, -0.2) is 9.69 Å². The van der Waals surface area contributed by atoms with Crippen molar-refractivity contribution in [1.82, 2.24) is 10.6 Å². The lowest BCUT2D eigenvalue weighted by Gasteiger charge is -2.12. The van der Waals surface area contributed by atoms with Crippen molar-refractivity contribution in [3.63, 3.8) is 0 Å². The average Bonchev–Trinajstić information content (AvgIpc) is 2.81. The first kappa shape index (κ1) is 10.5. The molecular weight excluding hydrogens is 238 g/mol. The van der Waals surface area contributed by atoms with Gasteiger partial charge in [0.1, 0.15) is 0 Å². The molecule has 18 heavy (non-hydrogen) atoms. The van der Waals surface area contributed by atoms with Crippen molar-refractivity contribution in [2.24, 2.45) is 0 Å². The summed E-state index contributed by atoms with van der Waals surface area (Å²) in [5.74, 6) is -1.40. The van der Waals surface area contributed by atoms with Gasteiger partial charge in [-0.1, -0.05) is 0 Å². The van der Waals surface area contributed by atoms with Crippen molar-refractivity contribution < 1.29 is 19.2 Å². The van der Waals surface area contributed by atoms with Gasteiger partial charge in [-0.3, -0.25) is 19.7 Å². The van der Waals surface area contributed by atoms with Crippen LogP contribution < -0.4 is 15.5 Å². The number of imide groups is 2. The van der Waals surface area contributed by atoms with Crippen LogP contribution in [0.25, 0.3) is 0 Å². The number of nitrogens with zero attached hydrogens (tertiary/aromatic N) is 1. The fraction of sp³-hybridized carbons (Fsp3) is 0.0909. The van der Waals surface area contributed by atoms with E-state index in [1.165, 1.54) is 18.2 Å². The summed E-state index contributed by atoms with van der Waals surface area (Å²) >= 11 is 0. The number of fused-ring (bicyclic) bond motifs is 1. The van der Waals surface area contributed by atoms with Gasteiger partial charge in [-0.15, -0.1) is 0 Å². The molecule has 1 aromatic rings. The van der Waals surface area contributed by atoms with E-state index in [2.05, 4.69) is 10.6 Å². The van der Waals surface area contributed by atoms with E-state index in [1.54, 1.807) is 0 Å². The van der Waals surface area contributed by atoms with Crippen LogP contribution in [0.2, 0.25) is 0 Å². The normalized spacial score (nSPS) is 17.9. The van der Waals surface area contributed by atoms with Crippen LogP contribution in [-0.4, -0.2) is 30.3 Å². The number of amides is 5. The molecule has 7 nitrogen and oxygen atoms in total. The monoisotopic (exact) mass is 245 g/mol. The van der Waals surface area contributed by atoms with Crippen molar-refractivity contribution in [2.75, 3.05) is 11.4 Å². The highest BCUT2D eigenvalue weighted by atomic mass is 16.2. The summed E-state index contributed by atoms with van der Waals surface area (Å²) in [7, 11) is 0. The molecular formula is C11H7N3O4. The lowest BCUT2D eigenvalue weighted by Crippen LogP contribution is -2.30. The Morgan fingerprint density at radius 1 is 1.00 bits per heavy atom. The van der Waals surface area contributed by atoms with Crippen LogP contribution in [0, 0.1) is 0 Å². The molecule has 0 unspecified atom stereocenters. The third-order valence-corrected chi connectivity index (χ3v) is 2.82. The van der Waals surface area contributed by atoms with Crippen LogP contribution >= 0.6 is 0 Å². The Bertz CT molecular complexity index is 607. The van der Waals surface area contributed by atoms with Crippen LogP contribution in [-0.2, 0) is 4.79 Å². The van der Waals surface area contributed by atoms with Gasteiger partial charge in [0.15, 0.2) is 0 Å². The average molecular weight is 245 g/mol. The predicted octanol–water partition coefficient (Wildman–Crippen LogP) is -0.374. The molecule has 2 aliphatic heterocycles. The van der Waals surface area contributed by atoms with Gasteiger partial charge < -0.3 is 5.32 Å². The highest BCUT2D eigenvalue weighted by Gasteiger charge is 2.33. The van der Waals surface area contributed by atoms with Gasteiger partial charge in [0, 0.05) is 0 Å². The molecule has 1 aromatic carbocycles. The largest absolute Gasteiger partial charge is 0.329 e. The summed E-state index contributed by atoms with van der Waals surface area (Å²) in [6.07, 6.45) is 0. The second kappa shape index (κ2) is 3.39. The first-order valence-electron chi connectivity index (χ1n) is 5.18. The van der Waals surface area contributed by atoms with Crippen molar-refractivity contribution in [1.29, 1.82) is 0 Å². The lowest BCUT2D eigenvalue weighted by molar-refractivity contribution is -0.115. The van der Waals surface area contributed by atoms with E-state index in [-0.39, 0.29) is 23.4 Å². The minimum absolute atomic E-state index is 0.0684. The summed E-state index contributed by atoms with van der Waals surface area (Å²) in [6.45, 7) is -0.0684. The van der Waals surface area contributed by atoms with Crippen molar-refractivity contribution in [3.05, 3.63) is 29.3 Å². The number of nitrogens with one attached hydrogen (secondary N) is 2. The molecule has 0 radical (unpaired) electrons. The van der Waals surface area contributed by atoms with E-state index in [4.69, 9.17) is 0 Å². The third-order valence-electron chi connectivity index (χ3n) is 2.82. The van der Waals surface area contributed by atoms with E-state index in [1.807, 2.05) is 0 Å². The second-order valence-corrected chi connectivity index (χ2v) is 3.90. The van der Waals surface area contributed by atoms with E-state index >= 15 is 0 Å². The molecule has 0 aromatic heterocycles. The summed E-state index contributed by atoms with van der Waals surface area (Å²) in [6, 6.07) is 3.70. The van der Waals surface area contributed by atoms with E-state index in [0.717, 1.165) is 4.90 Å². The van der Waals surface area contributed by atoms with Gasteiger partial charge >= 0.3 is 6.03 Å². The maximum absolute atomic E-state index is 11.5. The van der Waals surface area contributed by atoms with Crippen LogP contribution in [0.5, 0.6) is 0 Å². The molecule has 0 saturated carbocycles. The van der Waals surface area contributed by atoms with Gasteiger partial charge in [0.2, 0.25) is 0 Å². The molecule has 0 atom stereocenters. The zero-order valence-electron chi connectivity index (χ0n) is 9.02. The summed E-state index contributed by atoms with van der Waals surface area (Å²) in [4.78, 5) is 46.7. The number of anilines is 1. The molecule has 1 fully saturated rings. The number of rotatable bonds is 1. The number of urea groups is 1.